The van der Waals surface area contributed by atoms with Gasteiger partial charge >= 0.3 is 6.03 Å². The maximum atomic E-state index is 13.2. The molecule has 7 nitrogen and oxygen atoms in total. The summed E-state index contributed by atoms with van der Waals surface area (Å²) in [4.78, 5) is 53.7. The number of imide groups is 2. The number of para-hydroxylation sites is 1. The Hall–Kier alpha value is -3.19. The fourth-order valence-electron chi connectivity index (χ4n) is 4.70. The molecule has 1 saturated heterocycles. The van der Waals surface area contributed by atoms with Gasteiger partial charge < -0.3 is 5.32 Å². The quantitative estimate of drug-likeness (QED) is 0.592. The van der Waals surface area contributed by atoms with Crippen molar-refractivity contribution in [1.29, 1.82) is 0 Å². The summed E-state index contributed by atoms with van der Waals surface area (Å²) in [5, 5.41) is 3.15. The standard InChI is InChI=1S/C22H18ClN3O4/c23-16-7-3-4-8-17(16)26-20(29)22(24-21(26)30)11-9-13(10-12-22)25-18(27)14-5-1-2-6-15(14)19(25)28/h1-8,13H,9-12H2,(H,24,30). The molecule has 2 aromatic rings. The van der Waals surface area contributed by atoms with Gasteiger partial charge in [0.15, 0.2) is 0 Å². The SMILES string of the molecule is O=C1NC2(CCC(N3C(=O)c4ccccc4C3=O)CC2)C(=O)N1c1ccccc1Cl. The van der Waals surface area contributed by atoms with Gasteiger partial charge in [-0.1, -0.05) is 35.9 Å². The van der Waals surface area contributed by atoms with Crippen molar-refractivity contribution in [2.45, 2.75) is 37.3 Å². The Kier molecular flexibility index (Phi) is 4.18. The minimum absolute atomic E-state index is 0.295. The number of amides is 5. The van der Waals surface area contributed by atoms with Crippen molar-refractivity contribution in [2.75, 3.05) is 4.90 Å². The summed E-state index contributed by atoms with van der Waals surface area (Å²) in [6.07, 6.45) is 1.56. The van der Waals surface area contributed by atoms with Crippen LogP contribution in [0, 0.1) is 0 Å². The van der Waals surface area contributed by atoms with Crippen molar-refractivity contribution in [3.8, 4) is 0 Å². The van der Waals surface area contributed by atoms with Gasteiger partial charge in [-0.05, 0) is 49.9 Å². The minimum Gasteiger partial charge on any atom is -0.323 e. The number of halogens is 1. The maximum absolute atomic E-state index is 13.2. The third-order valence-corrected chi connectivity index (χ3v) is 6.57. The second-order valence-corrected chi connectivity index (χ2v) is 8.27. The number of carbonyl (C=O) groups is 4. The highest BCUT2D eigenvalue weighted by Crippen LogP contribution is 2.40. The number of anilines is 1. The van der Waals surface area contributed by atoms with E-state index in [0.717, 1.165) is 4.90 Å². The Morgan fingerprint density at radius 3 is 2.03 bits per heavy atom. The zero-order valence-corrected chi connectivity index (χ0v) is 16.7. The first-order valence-corrected chi connectivity index (χ1v) is 10.2. The number of carbonyl (C=O) groups excluding carboxylic acids is 4. The molecule has 5 rings (SSSR count). The van der Waals surface area contributed by atoms with Crippen LogP contribution in [0.1, 0.15) is 46.4 Å². The van der Waals surface area contributed by atoms with Crippen LogP contribution >= 0.6 is 11.6 Å². The van der Waals surface area contributed by atoms with Crippen molar-refractivity contribution in [3.05, 3.63) is 64.7 Å². The monoisotopic (exact) mass is 423 g/mol. The summed E-state index contributed by atoms with van der Waals surface area (Å²) in [6.45, 7) is 0. The van der Waals surface area contributed by atoms with E-state index >= 15 is 0 Å². The molecule has 0 unspecified atom stereocenters. The van der Waals surface area contributed by atoms with Gasteiger partial charge in [-0.2, -0.15) is 0 Å². The zero-order chi connectivity index (χ0) is 21.0. The molecule has 1 spiro atoms. The fraction of sp³-hybridized carbons (Fsp3) is 0.273. The molecule has 0 atom stereocenters. The molecule has 2 aromatic carbocycles. The van der Waals surface area contributed by atoms with Gasteiger partial charge in [0.25, 0.3) is 17.7 Å². The van der Waals surface area contributed by atoms with Crippen LogP contribution in [0.2, 0.25) is 5.02 Å². The van der Waals surface area contributed by atoms with Gasteiger partial charge in [-0.3, -0.25) is 19.3 Å². The summed E-state index contributed by atoms with van der Waals surface area (Å²) in [5.41, 5.74) is 0.141. The lowest BCUT2D eigenvalue weighted by molar-refractivity contribution is -0.123. The molecule has 152 valence electrons. The number of rotatable bonds is 2. The van der Waals surface area contributed by atoms with Crippen LogP contribution in [-0.2, 0) is 4.79 Å². The molecule has 30 heavy (non-hydrogen) atoms. The van der Waals surface area contributed by atoms with Crippen molar-refractivity contribution in [1.82, 2.24) is 10.2 Å². The predicted molar refractivity (Wildman–Crippen MR) is 109 cm³/mol. The maximum Gasteiger partial charge on any atom is 0.329 e. The zero-order valence-electron chi connectivity index (χ0n) is 15.9. The van der Waals surface area contributed by atoms with E-state index in [0.29, 0.717) is 47.5 Å². The van der Waals surface area contributed by atoms with Crippen molar-refractivity contribution in [3.63, 3.8) is 0 Å². The first-order valence-electron chi connectivity index (χ1n) is 9.81. The van der Waals surface area contributed by atoms with Crippen LogP contribution in [-0.4, -0.2) is 40.2 Å². The van der Waals surface area contributed by atoms with Crippen LogP contribution < -0.4 is 10.2 Å². The second-order valence-electron chi connectivity index (χ2n) is 7.86. The van der Waals surface area contributed by atoms with Gasteiger partial charge in [0, 0.05) is 6.04 Å². The lowest BCUT2D eigenvalue weighted by Crippen LogP contribution is -2.53. The number of fused-ring (bicyclic) bond motifs is 1. The van der Waals surface area contributed by atoms with E-state index < -0.39 is 11.6 Å². The molecule has 2 heterocycles. The highest BCUT2D eigenvalue weighted by atomic mass is 35.5. The second kappa shape index (κ2) is 6.67. The molecule has 3 aliphatic rings. The van der Waals surface area contributed by atoms with E-state index in [4.69, 9.17) is 11.6 Å². The lowest BCUT2D eigenvalue weighted by atomic mass is 9.78. The molecule has 0 radical (unpaired) electrons. The number of hydrogen-bond donors (Lipinski definition) is 1. The number of nitrogens with one attached hydrogen (secondary N) is 1. The first kappa shape index (κ1) is 18.8. The molecule has 1 aliphatic carbocycles. The molecule has 2 fully saturated rings. The summed E-state index contributed by atoms with van der Waals surface area (Å²) >= 11 is 6.19. The molecule has 5 amide bonds. The summed E-state index contributed by atoms with van der Waals surface area (Å²) < 4.78 is 0. The van der Waals surface area contributed by atoms with Crippen LogP contribution in [0.3, 0.4) is 0 Å². The molecule has 1 saturated carbocycles. The molecular formula is C22H18ClN3O4. The van der Waals surface area contributed by atoms with Crippen LogP contribution in [0.4, 0.5) is 10.5 Å². The van der Waals surface area contributed by atoms with Crippen molar-refractivity contribution in [2.24, 2.45) is 0 Å². The van der Waals surface area contributed by atoms with E-state index in [1.807, 2.05) is 0 Å². The largest absolute Gasteiger partial charge is 0.329 e. The van der Waals surface area contributed by atoms with Crippen molar-refractivity contribution < 1.29 is 19.2 Å². The predicted octanol–water partition coefficient (Wildman–Crippen LogP) is 3.37. The summed E-state index contributed by atoms with van der Waals surface area (Å²) in [5.74, 6) is -0.937. The number of hydrogen-bond acceptors (Lipinski definition) is 4. The normalized spacial score (nSPS) is 25.8. The number of benzene rings is 2. The highest BCUT2D eigenvalue weighted by Gasteiger charge is 2.55. The Balaban J connectivity index is 1.36. The third kappa shape index (κ3) is 2.58. The van der Waals surface area contributed by atoms with Crippen LogP contribution in [0.5, 0.6) is 0 Å². The van der Waals surface area contributed by atoms with Gasteiger partial charge in [0.1, 0.15) is 5.54 Å². The smallest absolute Gasteiger partial charge is 0.323 e. The molecule has 1 N–H and O–H groups in total. The summed E-state index contributed by atoms with van der Waals surface area (Å²) in [7, 11) is 0. The van der Waals surface area contributed by atoms with Gasteiger partial charge in [0.2, 0.25) is 0 Å². The van der Waals surface area contributed by atoms with Gasteiger partial charge in [0.05, 0.1) is 21.8 Å². The van der Waals surface area contributed by atoms with E-state index in [-0.39, 0.29) is 23.8 Å². The first-order chi connectivity index (χ1) is 14.4. The number of nitrogens with zero attached hydrogens (tertiary/aromatic N) is 2. The fourth-order valence-corrected chi connectivity index (χ4v) is 4.92. The third-order valence-electron chi connectivity index (χ3n) is 6.25. The van der Waals surface area contributed by atoms with E-state index in [9.17, 15) is 19.2 Å². The average molecular weight is 424 g/mol. The Labute approximate surface area is 177 Å². The topological polar surface area (TPSA) is 86.8 Å². The lowest BCUT2D eigenvalue weighted by Gasteiger charge is -2.37. The van der Waals surface area contributed by atoms with Crippen LogP contribution in [0.15, 0.2) is 48.5 Å². The Morgan fingerprint density at radius 2 is 1.43 bits per heavy atom. The molecule has 2 aliphatic heterocycles. The highest BCUT2D eigenvalue weighted by molar-refractivity contribution is 6.36. The van der Waals surface area contributed by atoms with Gasteiger partial charge in [-0.25, -0.2) is 9.69 Å². The van der Waals surface area contributed by atoms with Crippen molar-refractivity contribution >= 4 is 41.0 Å². The van der Waals surface area contributed by atoms with E-state index in [1.165, 1.54) is 4.90 Å². The molecular weight excluding hydrogens is 406 g/mol. The average Bonchev–Trinajstić information content (AvgIpc) is 3.14. The molecule has 8 heteroatoms. The Bertz CT molecular complexity index is 1070. The Morgan fingerprint density at radius 1 is 0.867 bits per heavy atom. The summed E-state index contributed by atoms with van der Waals surface area (Å²) in [6, 6.07) is 12.7. The van der Waals surface area contributed by atoms with Crippen LogP contribution in [0.25, 0.3) is 0 Å². The minimum atomic E-state index is -1.04. The van der Waals surface area contributed by atoms with E-state index in [2.05, 4.69) is 5.32 Å². The number of urea groups is 1. The molecule has 0 bridgehead atoms. The van der Waals surface area contributed by atoms with E-state index in [1.54, 1.807) is 48.5 Å². The molecule has 0 aromatic heterocycles. The van der Waals surface area contributed by atoms with Gasteiger partial charge in [-0.15, -0.1) is 0 Å².